The molecule has 132 valence electrons. The summed E-state index contributed by atoms with van der Waals surface area (Å²) in [5.74, 6) is 0. The zero-order valence-electron chi connectivity index (χ0n) is 15.2. The van der Waals surface area contributed by atoms with Crippen molar-refractivity contribution >= 4 is 43.1 Å². The SMILES string of the molecule is CCCCCCC(CCCCCC)n1c2ccsc2c2sccc21. The van der Waals surface area contributed by atoms with Crippen LogP contribution in [-0.4, -0.2) is 4.57 Å². The van der Waals surface area contributed by atoms with E-state index in [0.717, 1.165) is 0 Å². The summed E-state index contributed by atoms with van der Waals surface area (Å²) in [7, 11) is 0. The largest absolute Gasteiger partial charge is 0.336 e. The Bertz CT molecular complexity index is 673. The molecule has 0 unspecified atom stereocenters. The van der Waals surface area contributed by atoms with Gasteiger partial charge in [-0.05, 0) is 35.7 Å². The Kier molecular flexibility index (Phi) is 6.79. The maximum Gasteiger partial charge on any atom is 0.0700 e. The molecule has 0 bridgehead atoms. The van der Waals surface area contributed by atoms with Crippen molar-refractivity contribution in [1.29, 1.82) is 0 Å². The molecule has 0 spiro atoms. The minimum absolute atomic E-state index is 0.683. The second-order valence-electron chi connectivity index (χ2n) is 6.99. The van der Waals surface area contributed by atoms with Gasteiger partial charge in [0.25, 0.3) is 0 Å². The lowest BCUT2D eigenvalue weighted by Gasteiger charge is -2.21. The smallest absolute Gasteiger partial charge is 0.0700 e. The Balaban J connectivity index is 1.82. The van der Waals surface area contributed by atoms with E-state index in [1.807, 2.05) is 22.7 Å². The Hall–Kier alpha value is -0.800. The van der Waals surface area contributed by atoms with E-state index in [1.54, 1.807) is 0 Å². The summed E-state index contributed by atoms with van der Waals surface area (Å²) in [6.07, 6.45) is 13.6. The van der Waals surface area contributed by atoms with Crippen LogP contribution in [0.1, 0.15) is 84.1 Å². The molecule has 3 aromatic rings. The second-order valence-corrected chi connectivity index (χ2v) is 8.82. The molecule has 0 radical (unpaired) electrons. The molecule has 0 aliphatic heterocycles. The third-order valence-electron chi connectivity index (χ3n) is 5.16. The van der Waals surface area contributed by atoms with E-state index >= 15 is 0 Å². The maximum absolute atomic E-state index is 2.69. The van der Waals surface area contributed by atoms with Crippen molar-refractivity contribution < 1.29 is 0 Å². The van der Waals surface area contributed by atoms with Crippen LogP contribution in [0, 0.1) is 0 Å². The highest BCUT2D eigenvalue weighted by Gasteiger charge is 2.19. The highest BCUT2D eigenvalue weighted by Crippen LogP contribution is 2.40. The topological polar surface area (TPSA) is 4.93 Å². The maximum atomic E-state index is 2.69. The number of unbranched alkanes of at least 4 members (excludes halogenated alkanes) is 6. The molecule has 0 atom stereocenters. The molecule has 3 heteroatoms. The van der Waals surface area contributed by atoms with Gasteiger partial charge in [-0.1, -0.05) is 65.2 Å². The van der Waals surface area contributed by atoms with Crippen molar-refractivity contribution in [3.05, 3.63) is 22.9 Å². The fraction of sp³-hybridized carbons (Fsp3) is 0.619. The Morgan fingerprint density at radius 1 is 0.750 bits per heavy atom. The Labute approximate surface area is 154 Å². The van der Waals surface area contributed by atoms with Crippen LogP contribution in [0.5, 0.6) is 0 Å². The first-order valence-electron chi connectivity index (χ1n) is 9.81. The monoisotopic (exact) mass is 361 g/mol. The fourth-order valence-electron chi connectivity index (χ4n) is 3.86. The van der Waals surface area contributed by atoms with Gasteiger partial charge in [-0.2, -0.15) is 0 Å². The van der Waals surface area contributed by atoms with Crippen LogP contribution in [0.3, 0.4) is 0 Å². The Morgan fingerprint density at radius 3 is 1.71 bits per heavy atom. The molecule has 0 N–H and O–H groups in total. The molecule has 3 aromatic heterocycles. The molecule has 3 heterocycles. The highest BCUT2D eigenvalue weighted by molar-refractivity contribution is 7.25. The van der Waals surface area contributed by atoms with Crippen molar-refractivity contribution in [2.45, 2.75) is 84.1 Å². The third kappa shape index (κ3) is 3.88. The van der Waals surface area contributed by atoms with E-state index in [-0.39, 0.29) is 0 Å². The van der Waals surface area contributed by atoms with Gasteiger partial charge in [-0.25, -0.2) is 0 Å². The van der Waals surface area contributed by atoms with Crippen molar-refractivity contribution in [2.24, 2.45) is 0 Å². The zero-order chi connectivity index (χ0) is 16.8. The summed E-state index contributed by atoms with van der Waals surface area (Å²) in [6.45, 7) is 4.61. The van der Waals surface area contributed by atoms with Gasteiger partial charge in [-0.3, -0.25) is 0 Å². The van der Waals surface area contributed by atoms with Gasteiger partial charge in [0, 0.05) is 6.04 Å². The van der Waals surface area contributed by atoms with Crippen LogP contribution in [-0.2, 0) is 0 Å². The van der Waals surface area contributed by atoms with Crippen LogP contribution in [0.25, 0.3) is 20.4 Å². The second kappa shape index (κ2) is 9.05. The first kappa shape index (κ1) is 18.0. The molecule has 0 fully saturated rings. The number of thiophene rings is 2. The number of hydrogen-bond donors (Lipinski definition) is 0. The molecular formula is C21H31NS2. The molecular weight excluding hydrogens is 330 g/mol. The van der Waals surface area contributed by atoms with Crippen LogP contribution < -0.4 is 0 Å². The summed E-state index contributed by atoms with van der Waals surface area (Å²) < 4.78 is 5.70. The molecule has 24 heavy (non-hydrogen) atoms. The van der Waals surface area contributed by atoms with E-state index in [9.17, 15) is 0 Å². The van der Waals surface area contributed by atoms with Crippen LogP contribution in [0.15, 0.2) is 22.9 Å². The van der Waals surface area contributed by atoms with E-state index in [0.29, 0.717) is 6.04 Å². The molecule has 3 rings (SSSR count). The summed E-state index contributed by atoms with van der Waals surface area (Å²) in [5, 5.41) is 4.54. The van der Waals surface area contributed by atoms with Gasteiger partial charge in [0.05, 0.1) is 20.4 Å². The van der Waals surface area contributed by atoms with Crippen molar-refractivity contribution in [2.75, 3.05) is 0 Å². The number of fused-ring (bicyclic) bond motifs is 3. The van der Waals surface area contributed by atoms with Gasteiger partial charge in [0.15, 0.2) is 0 Å². The summed E-state index contributed by atoms with van der Waals surface area (Å²) >= 11 is 3.83. The zero-order valence-corrected chi connectivity index (χ0v) is 16.9. The fourth-order valence-corrected chi connectivity index (χ4v) is 5.82. The standard InChI is InChI=1S/C21H31NS2/c1-3-5-7-9-11-17(12-10-8-6-4-2)22-18-13-15-23-20(18)21-19(22)14-16-24-21/h13-17H,3-12H2,1-2H3. The van der Waals surface area contributed by atoms with Crippen LogP contribution >= 0.6 is 22.7 Å². The quantitative estimate of drug-likeness (QED) is 0.302. The summed E-state index contributed by atoms with van der Waals surface area (Å²) in [5.41, 5.74) is 2.97. The first-order chi connectivity index (χ1) is 11.9. The average Bonchev–Trinajstić information content (AvgIpc) is 3.27. The van der Waals surface area contributed by atoms with Crippen LogP contribution in [0.2, 0.25) is 0 Å². The van der Waals surface area contributed by atoms with Gasteiger partial charge >= 0.3 is 0 Å². The third-order valence-corrected chi connectivity index (χ3v) is 7.13. The Morgan fingerprint density at radius 2 is 1.25 bits per heavy atom. The summed E-state index contributed by atoms with van der Waals surface area (Å²) in [6, 6.07) is 5.37. The lowest BCUT2D eigenvalue weighted by atomic mass is 10.0. The summed E-state index contributed by atoms with van der Waals surface area (Å²) in [4.78, 5) is 0. The van der Waals surface area contributed by atoms with Crippen molar-refractivity contribution in [3.63, 3.8) is 0 Å². The van der Waals surface area contributed by atoms with Gasteiger partial charge in [0.2, 0.25) is 0 Å². The van der Waals surface area contributed by atoms with E-state index in [2.05, 4.69) is 41.3 Å². The van der Waals surface area contributed by atoms with Crippen LogP contribution in [0.4, 0.5) is 0 Å². The molecule has 0 saturated carbocycles. The van der Waals surface area contributed by atoms with Crippen molar-refractivity contribution in [1.82, 2.24) is 4.57 Å². The molecule has 0 saturated heterocycles. The minimum atomic E-state index is 0.683. The van der Waals surface area contributed by atoms with Gasteiger partial charge in [0.1, 0.15) is 0 Å². The number of nitrogens with zero attached hydrogens (tertiary/aromatic N) is 1. The first-order valence-corrected chi connectivity index (χ1v) is 11.6. The predicted octanol–water partition coefficient (Wildman–Crippen LogP) is 8.40. The van der Waals surface area contributed by atoms with Gasteiger partial charge in [-0.15, -0.1) is 22.7 Å². The lowest BCUT2D eigenvalue weighted by Crippen LogP contribution is -2.09. The molecule has 0 amide bonds. The van der Waals surface area contributed by atoms with Crippen molar-refractivity contribution in [3.8, 4) is 0 Å². The molecule has 0 aliphatic carbocycles. The average molecular weight is 362 g/mol. The predicted molar refractivity (Wildman–Crippen MR) is 112 cm³/mol. The van der Waals surface area contributed by atoms with E-state index in [1.165, 1.54) is 84.6 Å². The number of hydrogen-bond acceptors (Lipinski definition) is 2. The van der Waals surface area contributed by atoms with Gasteiger partial charge < -0.3 is 4.57 Å². The lowest BCUT2D eigenvalue weighted by molar-refractivity contribution is 0.413. The van der Waals surface area contributed by atoms with E-state index in [4.69, 9.17) is 0 Å². The molecule has 1 nitrogen and oxygen atoms in total. The highest BCUT2D eigenvalue weighted by atomic mass is 32.1. The molecule has 0 aromatic carbocycles. The number of aromatic nitrogens is 1. The minimum Gasteiger partial charge on any atom is -0.336 e. The number of rotatable bonds is 11. The van der Waals surface area contributed by atoms with E-state index < -0.39 is 0 Å². The normalized spacial score (nSPS) is 12.1. The molecule has 0 aliphatic rings.